The van der Waals surface area contributed by atoms with E-state index in [1.807, 2.05) is 35.8 Å². The highest BCUT2D eigenvalue weighted by atomic mass is 16.3. The van der Waals surface area contributed by atoms with Crippen molar-refractivity contribution < 1.29 is 9.90 Å². The summed E-state index contributed by atoms with van der Waals surface area (Å²) < 4.78 is 0. The number of aromatic nitrogens is 2. The van der Waals surface area contributed by atoms with Crippen LogP contribution in [0.5, 0.6) is 0 Å². The Hall–Kier alpha value is -2.67. The Labute approximate surface area is 178 Å². The summed E-state index contributed by atoms with van der Waals surface area (Å²) in [6.07, 6.45) is 1.25. The topological polar surface area (TPSA) is 72.8 Å². The number of hydrogen-bond acceptors (Lipinski definition) is 6. The van der Waals surface area contributed by atoms with Crippen molar-refractivity contribution >= 4 is 17.5 Å². The number of amides is 1. The Balaban J connectivity index is 1.44. The van der Waals surface area contributed by atoms with Gasteiger partial charge in [-0.05, 0) is 63.8 Å². The predicted octanol–water partition coefficient (Wildman–Crippen LogP) is 2.59. The molecular weight excluding hydrogens is 378 g/mol. The Morgan fingerprint density at radius 2 is 1.70 bits per heavy atom. The smallest absolute Gasteiger partial charge is 0.255 e. The van der Waals surface area contributed by atoms with E-state index >= 15 is 0 Å². The van der Waals surface area contributed by atoms with Gasteiger partial charge >= 0.3 is 0 Å². The number of carbonyl (C=O) groups excluding carboxylic acids is 1. The first-order chi connectivity index (χ1) is 14.3. The highest BCUT2D eigenvalue weighted by Gasteiger charge is 2.27. The summed E-state index contributed by atoms with van der Waals surface area (Å²) >= 11 is 0. The summed E-state index contributed by atoms with van der Waals surface area (Å²) in [7, 11) is 0. The second kappa shape index (κ2) is 8.22. The zero-order valence-electron chi connectivity index (χ0n) is 18.4. The third-order valence-corrected chi connectivity index (χ3v) is 6.31. The molecule has 1 unspecified atom stereocenters. The van der Waals surface area contributed by atoms with E-state index in [0.29, 0.717) is 24.3 Å². The Bertz CT molecular complexity index is 953. The van der Waals surface area contributed by atoms with Gasteiger partial charge in [0.1, 0.15) is 17.9 Å². The normalized spacial score (nSPS) is 19.5. The predicted molar refractivity (Wildman–Crippen MR) is 118 cm³/mol. The van der Waals surface area contributed by atoms with Crippen LogP contribution in [0, 0.1) is 27.7 Å². The summed E-state index contributed by atoms with van der Waals surface area (Å²) in [5.41, 5.74) is 4.79. The number of piperazine rings is 1. The van der Waals surface area contributed by atoms with E-state index in [0.717, 1.165) is 49.8 Å². The molecule has 2 aliphatic heterocycles. The average Bonchev–Trinajstić information content (AvgIpc) is 3.16. The van der Waals surface area contributed by atoms with E-state index in [4.69, 9.17) is 4.98 Å². The lowest BCUT2D eigenvalue weighted by Crippen LogP contribution is -2.49. The third kappa shape index (κ3) is 3.86. The number of aliphatic hydroxyl groups is 1. The van der Waals surface area contributed by atoms with Crippen molar-refractivity contribution in [3.05, 3.63) is 46.3 Å². The molecule has 2 aliphatic rings. The molecule has 0 bridgehead atoms. The van der Waals surface area contributed by atoms with Gasteiger partial charge in [0.25, 0.3) is 5.91 Å². The first kappa shape index (κ1) is 20.6. The van der Waals surface area contributed by atoms with Crippen LogP contribution in [0.3, 0.4) is 0 Å². The minimum absolute atomic E-state index is 0.0259. The van der Waals surface area contributed by atoms with E-state index in [1.165, 1.54) is 11.1 Å². The number of aryl methyl sites for hydroxylation is 4. The number of hydrogen-bond donors (Lipinski definition) is 1. The van der Waals surface area contributed by atoms with Gasteiger partial charge in [-0.25, -0.2) is 9.97 Å². The SMILES string of the molecule is Cc1cc(C)c(N2CCN(C(=O)c3ccc(N4CCCC4O)nc3C)CC2)nc1C. The molecule has 0 aromatic carbocycles. The summed E-state index contributed by atoms with van der Waals surface area (Å²) in [4.78, 5) is 28.6. The molecule has 7 nitrogen and oxygen atoms in total. The molecule has 2 aromatic heterocycles. The maximum Gasteiger partial charge on any atom is 0.255 e. The van der Waals surface area contributed by atoms with Crippen molar-refractivity contribution in [2.45, 2.75) is 46.8 Å². The van der Waals surface area contributed by atoms with Crippen molar-refractivity contribution in [1.82, 2.24) is 14.9 Å². The fourth-order valence-corrected chi connectivity index (χ4v) is 4.39. The Kier molecular flexibility index (Phi) is 5.64. The standard InChI is InChI=1S/C23H31N5O2/c1-15-14-16(2)22(25-17(15)3)26-10-12-27(13-11-26)23(30)19-7-8-20(24-18(19)4)28-9-5-6-21(28)29/h7-8,14,21,29H,5-6,9-13H2,1-4H3. The van der Waals surface area contributed by atoms with Crippen LogP contribution >= 0.6 is 0 Å². The highest BCUT2D eigenvalue weighted by molar-refractivity contribution is 5.95. The van der Waals surface area contributed by atoms with E-state index in [1.54, 1.807) is 0 Å². The first-order valence-corrected chi connectivity index (χ1v) is 10.8. The van der Waals surface area contributed by atoms with Crippen molar-refractivity contribution in [2.75, 3.05) is 42.5 Å². The van der Waals surface area contributed by atoms with Crippen LogP contribution in [-0.4, -0.2) is 64.8 Å². The van der Waals surface area contributed by atoms with Gasteiger partial charge in [0.05, 0.1) is 11.3 Å². The zero-order chi connectivity index (χ0) is 21.4. The molecule has 0 saturated carbocycles. The molecule has 1 N–H and O–H groups in total. The number of carbonyl (C=O) groups is 1. The third-order valence-electron chi connectivity index (χ3n) is 6.31. The molecule has 160 valence electrons. The molecule has 1 amide bonds. The molecule has 0 spiro atoms. The fraction of sp³-hybridized carbons (Fsp3) is 0.522. The number of nitrogens with zero attached hydrogens (tertiary/aromatic N) is 5. The molecule has 30 heavy (non-hydrogen) atoms. The zero-order valence-corrected chi connectivity index (χ0v) is 18.4. The number of aliphatic hydroxyl groups excluding tert-OH is 1. The number of anilines is 2. The van der Waals surface area contributed by atoms with E-state index in [2.05, 4.69) is 29.8 Å². The van der Waals surface area contributed by atoms with Crippen LogP contribution in [0.2, 0.25) is 0 Å². The molecule has 0 radical (unpaired) electrons. The molecule has 2 aromatic rings. The second-order valence-electron chi connectivity index (χ2n) is 8.43. The van der Waals surface area contributed by atoms with Gasteiger partial charge in [0.2, 0.25) is 0 Å². The van der Waals surface area contributed by atoms with E-state index < -0.39 is 6.23 Å². The van der Waals surface area contributed by atoms with Crippen LogP contribution < -0.4 is 9.80 Å². The van der Waals surface area contributed by atoms with Crippen molar-refractivity contribution in [1.29, 1.82) is 0 Å². The molecule has 0 aliphatic carbocycles. The molecule has 4 rings (SSSR count). The maximum absolute atomic E-state index is 13.1. The molecule has 2 fully saturated rings. The van der Waals surface area contributed by atoms with Crippen molar-refractivity contribution in [3.63, 3.8) is 0 Å². The van der Waals surface area contributed by atoms with Crippen LogP contribution in [-0.2, 0) is 0 Å². The van der Waals surface area contributed by atoms with E-state index in [-0.39, 0.29) is 5.91 Å². The minimum Gasteiger partial charge on any atom is -0.374 e. The molecule has 2 saturated heterocycles. The highest BCUT2D eigenvalue weighted by Crippen LogP contribution is 2.25. The molecular formula is C23H31N5O2. The first-order valence-electron chi connectivity index (χ1n) is 10.8. The summed E-state index contributed by atoms with van der Waals surface area (Å²) in [6.45, 7) is 11.8. The largest absolute Gasteiger partial charge is 0.374 e. The van der Waals surface area contributed by atoms with Crippen molar-refractivity contribution in [2.24, 2.45) is 0 Å². The summed E-state index contributed by atoms with van der Waals surface area (Å²) in [5, 5.41) is 10.1. The van der Waals surface area contributed by atoms with Crippen LogP contribution in [0.1, 0.15) is 45.7 Å². The lowest BCUT2D eigenvalue weighted by Gasteiger charge is -2.36. The molecule has 7 heteroatoms. The maximum atomic E-state index is 13.1. The van der Waals surface area contributed by atoms with Crippen LogP contribution in [0.4, 0.5) is 11.6 Å². The number of pyridine rings is 2. The lowest BCUT2D eigenvalue weighted by atomic mass is 10.1. The Morgan fingerprint density at radius 1 is 0.967 bits per heavy atom. The van der Waals surface area contributed by atoms with Gasteiger partial charge < -0.3 is 19.8 Å². The minimum atomic E-state index is -0.478. The van der Waals surface area contributed by atoms with Gasteiger partial charge in [-0.1, -0.05) is 6.07 Å². The molecule has 4 heterocycles. The van der Waals surface area contributed by atoms with Gasteiger partial charge in [0.15, 0.2) is 0 Å². The van der Waals surface area contributed by atoms with E-state index in [9.17, 15) is 9.90 Å². The quantitative estimate of drug-likeness (QED) is 0.840. The lowest BCUT2D eigenvalue weighted by molar-refractivity contribution is 0.0745. The monoisotopic (exact) mass is 409 g/mol. The molecule has 1 atom stereocenters. The van der Waals surface area contributed by atoms with Gasteiger partial charge in [0, 0.05) is 38.4 Å². The van der Waals surface area contributed by atoms with Gasteiger partial charge in [-0.15, -0.1) is 0 Å². The second-order valence-corrected chi connectivity index (χ2v) is 8.43. The summed E-state index contributed by atoms with van der Waals surface area (Å²) in [6, 6.07) is 5.89. The van der Waals surface area contributed by atoms with Crippen LogP contribution in [0.25, 0.3) is 0 Å². The summed E-state index contributed by atoms with van der Waals surface area (Å²) in [5.74, 6) is 1.80. The Morgan fingerprint density at radius 3 is 2.33 bits per heavy atom. The van der Waals surface area contributed by atoms with Gasteiger partial charge in [-0.2, -0.15) is 0 Å². The average molecular weight is 410 g/mol. The van der Waals surface area contributed by atoms with Crippen molar-refractivity contribution in [3.8, 4) is 0 Å². The number of rotatable bonds is 3. The van der Waals surface area contributed by atoms with Crippen LogP contribution in [0.15, 0.2) is 18.2 Å². The van der Waals surface area contributed by atoms with Gasteiger partial charge in [-0.3, -0.25) is 4.79 Å². The fourth-order valence-electron chi connectivity index (χ4n) is 4.39.